The Balaban J connectivity index is 2.89. The summed E-state index contributed by atoms with van der Waals surface area (Å²) in [6, 6.07) is 5.98. The van der Waals surface area contributed by atoms with Crippen molar-refractivity contribution in [1.29, 1.82) is 0 Å². The van der Waals surface area contributed by atoms with E-state index in [0.717, 1.165) is 10.0 Å². The van der Waals surface area contributed by atoms with Gasteiger partial charge < -0.3 is 0 Å². The van der Waals surface area contributed by atoms with Gasteiger partial charge in [-0.3, -0.25) is 0 Å². The molecule has 0 unspecified atom stereocenters. The predicted molar refractivity (Wildman–Crippen MR) is 74.4 cm³/mol. The molecule has 0 spiro atoms. The van der Waals surface area contributed by atoms with Gasteiger partial charge in [-0.1, -0.05) is 28.1 Å². The van der Waals surface area contributed by atoms with E-state index in [4.69, 9.17) is 0 Å². The topological polar surface area (TPSA) is 29.4 Å². The van der Waals surface area contributed by atoms with Crippen molar-refractivity contribution in [3.8, 4) is 0 Å². The second kappa shape index (κ2) is 5.23. The minimum atomic E-state index is -1.20. The van der Waals surface area contributed by atoms with Crippen LogP contribution in [-0.4, -0.2) is 15.2 Å². The highest BCUT2D eigenvalue weighted by molar-refractivity contribution is 9.10. The molecule has 0 saturated heterocycles. The molecular formula is C12H16BrNOS. The van der Waals surface area contributed by atoms with Crippen molar-refractivity contribution in [2.75, 3.05) is 0 Å². The van der Waals surface area contributed by atoms with E-state index in [0.29, 0.717) is 0 Å². The minimum Gasteiger partial charge on any atom is -0.234 e. The zero-order valence-corrected chi connectivity index (χ0v) is 12.4. The summed E-state index contributed by atoms with van der Waals surface area (Å²) in [7, 11) is -1.20. The first-order chi connectivity index (χ1) is 7.30. The summed E-state index contributed by atoms with van der Waals surface area (Å²) in [6.45, 7) is 7.75. The van der Waals surface area contributed by atoms with E-state index >= 15 is 0 Å². The van der Waals surface area contributed by atoms with Gasteiger partial charge in [-0.05, 0) is 39.3 Å². The van der Waals surface area contributed by atoms with Crippen molar-refractivity contribution < 1.29 is 4.21 Å². The molecule has 0 radical (unpaired) electrons. The second-order valence-electron chi connectivity index (χ2n) is 4.62. The van der Waals surface area contributed by atoms with Gasteiger partial charge in [-0.15, -0.1) is 0 Å². The lowest BCUT2D eigenvalue weighted by Crippen LogP contribution is -2.19. The fraction of sp³-hybridized carbons (Fsp3) is 0.417. The Morgan fingerprint density at radius 2 is 2.00 bits per heavy atom. The van der Waals surface area contributed by atoms with Gasteiger partial charge in [0, 0.05) is 16.3 Å². The monoisotopic (exact) mass is 301 g/mol. The first-order valence-corrected chi connectivity index (χ1v) is 6.93. The summed E-state index contributed by atoms with van der Waals surface area (Å²) in [5.41, 5.74) is 2.13. The molecule has 1 rings (SSSR count). The molecule has 0 heterocycles. The molecule has 1 aromatic rings. The highest BCUT2D eigenvalue weighted by Gasteiger charge is 2.18. The van der Waals surface area contributed by atoms with Crippen molar-refractivity contribution in [3.05, 3.63) is 33.8 Å². The maximum absolute atomic E-state index is 11.7. The van der Waals surface area contributed by atoms with E-state index in [-0.39, 0.29) is 4.75 Å². The van der Waals surface area contributed by atoms with Gasteiger partial charge in [0.2, 0.25) is 0 Å². The van der Waals surface area contributed by atoms with Crippen molar-refractivity contribution in [2.45, 2.75) is 32.4 Å². The molecule has 1 aromatic carbocycles. The van der Waals surface area contributed by atoms with Crippen LogP contribution in [0, 0.1) is 6.92 Å². The van der Waals surface area contributed by atoms with Gasteiger partial charge in [-0.2, -0.15) is 4.40 Å². The van der Waals surface area contributed by atoms with Crippen LogP contribution in [-0.2, 0) is 11.0 Å². The van der Waals surface area contributed by atoms with Gasteiger partial charge in [0.05, 0.1) is 4.75 Å². The van der Waals surface area contributed by atoms with Crippen molar-refractivity contribution in [1.82, 2.24) is 0 Å². The lowest BCUT2D eigenvalue weighted by Gasteiger charge is -2.12. The maximum atomic E-state index is 11.7. The van der Waals surface area contributed by atoms with Crippen LogP contribution in [0.1, 0.15) is 31.9 Å². The van der Waals surface area contributed by atoms with Crippen LogP contribution in [0.25, 0.3) is 0 Å². The molecule has 0 aromatic heterocycles. The highest BCUT2D eigenvalue weighted by Crippen LogP contribution is 2.18. The van der Waals surface area contributed by atoms with E-state index in [9.17, 15) is 4.21 Å². The fourth-order valence-electron chi connectivity index (χ4n) is 1.000. The number of benzene rings is 1. The van der Waals surface area contributed by atoms with Crippen LogP contribution in [0.2, 0.25) is 0 Å². The largest absolute Gasteiger partial charge is 0.234 e. The summed E-state index contributed by atoms with van der Waals surface area (Å²) in [6.07, 6.45) is 1.66. The molecule has 2 nitrogen and oxygen atoms in total. The van der Waals surface area contributed by atoms with E-state index in [2.05, 4.69) is 20.3 Å². The van der Waals surface area contributed by atoms with Crippen LogP contribution in [0.5, 0.6) is 0 Å². The lowest BCUT2D eigenvalue weighted by atomic mass is 10.2. The average molecular weight is 302 g/mol. The Kier molecular flexibility index (Phi) is 4.44. The predicted octanol–water partition coefficient (Wildman–Crippen LogP) is 3.64. The first kappa shape index (κ1) is 13.6. The highest BCUT2D eigenvalue weighted by atomic mass is 79.9. The molecule has 0 amide bonds. The molecule has 0 bridgehead atoms. The third-order valence-corrected chi connectivity index (χ3v) is 4.00. The van der Waals surface area contributed by atoms with Gasteiger partial charge in [0.25, 0.3) is 0 Å². The number of hydrogen-bond donors (Lipinski definition) is 0. The third kappa shape index (κ3) is 3.83. The van der Waals surface area contributed by atoms with E-state index in [1.807, 2.05) is 45.9 Å². The fourth-order valence-corrected chi connectivity index (χ4v) is 2.12. The molecule has 0 aliphatic rings. The Morgan fingerprint density at radius 1 is 1.38 bits per heavy atom. The molecule has 0 fully saturated rings. The molecule has 88 valence electrons. The minimum absolute atomic E-state index is 0.312. The molecule has 1 atom stereocenters. The molecule has 4 heteroatoms. The van der Waals surface area contributed by atoms with Gasteiger partial charge in [0.15, 0.2) is 0 Å². The Hall–Kier alpha value is -0.480. The van der Waals surface area contributed by atoms with Crippen molar-refractivity contribution in [2.24, 2.45) is 4.40 Å². The summed E-state index contributed by atoms with van der Waals surface area (Å²) in [4.78, 5) is 0. The smallest absolute Gasteiger partial charge is 0.144 e. The maximum Gasteiger partial charge on any atom is 0.144 e. The molecule has 0 N–H and O–H groups in total. The average Bonchev–Trinajstić information content (AvgIpc) is 2.14. The van der Waals surface area contributed by atoms with Crippen LogP contribution >= 0.6 is 15.9 Å². The molecule has 0 saturated carbocycles. The quantitative estimate of drug-likeness (QED) is 0.767. The van der Waals surface area contributed by atoms with Crippen LogP contribution in [0.15, 0.2) is 27.1 Å². The Morgan fingerprint density at radius 3 is 2.50 bits per heavy atom. The Labute approximate surface area is 108 Å². The summed E-state index contributed by atoms with van der Waals surface area (Å²) >= 11 is 3.46. The molecule has 0 aliphatic carbocycles. The van der Waals surface area contributed by atoms with Gasteiger partial charge >= 0.3 is 0 Å². The van der Waals surface area contributed by atoms with Crippen molar-refractivity contribution in [3.63, 3.8) is 0 Å². The number of halogens is 1. The molecule has 0 aliphatic heterocycles. The van der Waals surface area contributed by atoms with Crippen LogP contribution in [0.4, 0.5) is 0 Å². The molecular weight excluding hydrogens is 286 g/mol. The molecule has 16 heavy (non-hydrogen) atoms. The normalized spacial score (nSPS) is 14.3. The number of aryl methyl sites for hydroxylation is 1. The van der Waals surface area contributed by atoms with Crippen molar-refractivity contribution >= 4 is 33.1 Å². The summed E-state index contributed by atoms with van der Waals surface area (Å²) < 4.78 is 16.4. The summed E-state index contributed by atoms with van der Waals surface area (Å²) in [5, 5.41) is 0. The number of hydrogen-bond acceptors (Lipinski definition) is 1. The van der Waals surface area contributed by atoms with Crippen LogP contribution in [0.3, 0.4) is 0 Å². The van der Waals surface area contributed by atoms with Gasteiger partial charge in [-0.25, -0.2) is 4.21 Å². The lowest BCUT2D eigenvalue weighted by molar-refractivity contribution is 0.651. The SMILES string of the molecule is Cc1ccc(C=N[S@@](=O)C(C)(C)C)c(Br)c1. The zero-order chi connectivity index (χ0) is 12.3. The summed E-state index contributed by atoms with van der Waals surface area (Å²) in [5.74, 6) is 0. The van der Waals surface area contributed by atoms with E-state index in [1.54, 1.807) is 6.21 Å². The van der Waals surface area contributed by atoms with Crippen LogP contribution < -0.4 is 0 Å². The Bertz CT molecular complexity index is 435. The van der Waals surface area contributed by atoms with E-state index < -0.39 is 11.0 Å². The van der Waals surface area contributed by atoms with E-state index in [1.165, 1.54) is 5.56 Å². The second-order valence-corrected chi connectivity index (χ2v) is 7.41. The zero-order valence-electron chi connectivity index (χ0n) is 9.95. The first-order valence-electron chi connectivity index (χ1n) is 5.03. The number of rotatable bonds is 2. The third-order valence-electron chi connectivity index (χ3n) is 1.97. The van der Waals surface area contributed by atoms with Gasteiger partial charge in [0.1, 0.15) is 11.0 Å². The standard InChI is InChI=1S/C12H16BrNOS/c1-9-5-6-10(11(13)7-9)8-14-16(15)12(2,3)4/h5-8H,1-4H3/t16-/m0/s1. The number of nitrogens with zero attached hydrogens (tertiary/aromatic N) is 1.